The maximum absolute atomic E-state index is 12.2. The number of nitrogens with two attached hydrogens (primary N) is 3. The molecule has 1 aromatic heterocycles. The average Bonchev–Trinajstić information content (AvgIpc) is 2.74. The molecule has 33 heavy (non-hydrogen) atoms. The van der Waals surface area contributed by atoms with Crippen molar-refractivity contribution >= 4 is 46.9 Å². The molecule has 0 bridgehead atoms. The van der Waals surface area contributed by atoms with Crippen molar-refractivity contribution in [3.8, 4) is 5.75 Å². The predicted octanol–water partition coefficient (Wildman–Crippen LogP) is 0.403. The number of aliphatic imine (C=N–C) groups is 1. The first-order chi connectivity index (χ1) is 15.7. The van der Waals surface area contributed by atoms with Gasteiger partial charge in [-0.15, -0.1) is 0 Å². The van der Waals surface area contributed by atoms with Gasteiger partial charge in [-0.25, -0.2) is 9.97 Å². The molecule has 0 aliphatic heterocycles. The van der Waals surface area contributed by atoms with Crippen LogP contribution in [0.15, 0.2) is 29.3 Å². The summed E-state index contributed by atoms with van der Waals surface area (Å²) in [7, 11) is 0. The largest absolute Gasteiger partial charge is 0.484 e. The lowest BCUT2D eigenvalue weighted by atomic mass is 10.1. The third-order valence-corrected chi connectivity index (χ3v) is 4.40. The average molecular weight is 477 g/mol. The van der Waals surface area contributed by atoms with Crippen molar-refractivity contribution in [2.75, 3.05) is 24.6 Å². The van der Waals surface area contributed by atoms with E-state index in [0.29, 0.717) is 12.3 Å². The summed E-state index contributed by atoms with van der Waals surface area (Å²) in [6.07, 6.45) is 2.36. The first-order valence-corrected chi connectivity index (χ1v) is 10.3. The number of aromatic nitrogens is 2. The molecule has 0 fully saturated rings. The monoisotopic (exact) mass is 476 g/mol. The number of nitrogens with zero attached hydrogens (tertiary/aromatic N) is 3. The second-order valence-electron chi connectivity index (χ2n) is 6.85. The Kier molecular flexibility index (Phi) is 9.36. The molecular weight excluding hydrogens is 452 g/mol. The van der Waals surface area contributed by atoms with E-state index in [1.54, 1.807) is 12.1 Å². The zero-order valence-corrected chi connectivity index (χ0v) is 18.7. The molecule has 0 spiro atoms. The van der Waals surface area contributed by atoms with Crippen molar-refractivity contribution in [3.05, 3.63) is 40.7 Å². The molecule has 0 radical (unpaired) electrons. The number of carbonyl (C=O) groups is 3. The van der Waals surface area contributed by atoms with Gasteiger partial charge < -0.3 is 21.9 Å². The number of nitrogens with one attached hydrogen (secondary N) is 2. The number of hydrogen-bond donors (Lipinski definition) is 5. The van der Waals surface area contributed by atoms with Gasteiger partial charge in [0.25, 0.3) is 11.8 Å². The smallest absolute Gasteiger partial charge is 0.280 e. The van der Waals surface area contributed by atoms with Crippen LogP contribution in [0.4, 0.5) is 11.6 Å². The van der Waals surface area contributed by atoms with Crippen LogP contribution in [0.1, 0.15) is 35.8 Å². The summed E-state index contributed by atoms with van der Waals surface area (Å²) in [6.45, 7) is 1.42. The summed E-state index contributed by atoms with van der Waals surface area (Å²) in [5.74, 6) is -1.43. The van der Waals surface area contributed by atoms with Gasteiger partial charge in [0.05, 0.1) is 0 Å². The summed E-state index contributed by atoms with van der Waals surface area (Å²) in [5.41, 5.74) is 17.7. The van der Waals surface area contributed by atoms with Crippen LogP contribution < -0.4 is 32.6 Å². The fourth-order valence-corrected chi connectivity index (χ4v) is 2.72. The standard InChI is InChI=1S/C20H25ClN8O4/c1-11(30)26-14(31)10-33-13-7-5-12(6-8-13)4-2-3-9-25-20(24)29-19(32)15-17(22)28-18(23)16(21)27-15/h5-8H,2-4,9-10H2,1H3,(H4,22,23,28)(H,26,30,31)(H3,24,25,29,32). The Balaban J connectivity index is 1.72. The lowest BCUT2D eigenvalue weighted by molar-refractivity contribution is -0.130. The fourth-order valence-electron chi connectivity index (χ4n) is 2.60. The summed E-state index contributed by atoms with van der Waals surface area (Å²) < 4.78 is 5.32. The van der Waals surface area contributed by atoms with Crippen LogP contribution in [0.25, 0.3) is 0 Å². The van der Waals surface area contributed by atoms with Crippen molar-refractivity contribution in [1.82, 2.24) is 20.6 Å². The molecule has 0 aliphatic rings. The number of benzene rings is 1. The lowest BCUT2D eigenvalue weighted by Crippen LogP contribution is -2.38. The topological polar surface area (TPSA) is 201 Å². The summed E-state index contributed by atoms with van der Waals surface area (Å²) in [5, 5.41) is 4.37. The third-order valence-electron chi connectivity index (χ3n) is 4.13. The maximum Gasteiger partial charge on any atom is 0.280 e. The van der Waals surface area contributed by atoms with Gasteiger partial charge in [-0.1, -0.05) is 23.7 Å². The second kappa shape index (κ2) is 12.2. The molecule has 176 valence electrons. The second-order valence-corrected chi connectivity index (χ2v) is 7.21. The number of guanidine groups is 1. The minimum Gasteiger partial charge on any atom is -0.484 e. The Morgan fingerprint density at radius 3 is 2.42 bits per heavy atom. The number of carbonyl (C=O) groups excluding carboxylic acids is 3. The Morgan fingerprint density at radius 2 is 1.76 bits per heavy atom. The number of amides is 3. The molecule has 1 aromatic carbocycles. The van der Waals surface area contributed by atoms with Gasteiger partial charge in [0.1, 0.15) is 5.75 Å². The Labute approximate surface area is 194 Å². The molecule has 12 nitrogen and oxygen atoms in total. The summed E-state index contributed by atoms with van der Waals surface area (Å²) >= 11 is 5.76. The van der Waals surface area contributed by atoms with Gasteiger partial charge in [0.15, 0.2) is 35.0 Å². The highest BCUT2D eigenvalue weighted by molar-refractivity contribution is 6.31. The van der Waals surface area contributed by atoms with Gasteiger partial charge in [-0.05, 0) is 37.0 Å². The number of unbranched alkanes of at least 4 members (excludes halogenated alkanes) is 1. The van der Waals surface area contributed by atoms with Gasteiger partial charge >= 0.3 is 0 Å². The van der Waals surface area contributed by atoms with Crippen LogP contribution in [-0.4, -0.2) is 46.8 Å². The number of ether oxygens (including phenoxy) is 1. The van der Waals surface area contributed by atoms with E-state index in [1.807, 2.05) is 12.1 Å². The number of imide groups is 1. The van der Waals surface area contributed by atoms with E-state index < -0.39 is 17.7 Å². The van der Waals surface area contributed by atoms with Gasteiger partial charge in [-0.3, -0.25) is 30.0 Å². The number of anilines is 2. The van der Waals surface area contributed by atoms with Crippen LogP contribution in [0.2, 0.25) is 5.15 Å². The van der Waals surface area contributed by atoms with E-state index in [9.17, 15) is 14.4 Å². The molecular formula is C20H25ClN8O4. The molecule has 0 unspecified atom stereocenters. The summed E-state index contributed by atoms with van der Waals surface area (Å²) in [4.78, 5) is 46.0. The van der Waals surface area contributed by atoms with Gasteiger partial charge in [0.2, 0.25) is 5.91 Å². The van der Waals surface area contributed by atoms with Crippen LogP contribution in [0.3, 0.4) is 0 Å². The van der Waals surface area contributed by atoms with E-state index in [0.717, 1.165) is 24.8 Å². The molecule has 13 heteroatoms. The number of nitrogen functional groups attached to an aromatic ring is 2. The molecule has 0 saturated carbocycles. The highest BCUT2D eigenvalue weighted by atomic mass is 35.5. The molecule has 8 N–H and O–H groups in total. The van der Waals surface area contributed by atoms with Crippen molar-refractivity contribution in [2.45, 2.75) is 26.2 Å². The molecule has 0 saturated heterocycles. The van der Waals surface area contributed by atoms with E-state index in [-0.39, 0.29) is 35.0 Å². The molecule has 0 atom stereocenters. The fraction of sp³-hybridized carbons (Fsp3) is 0.300. The first kappa shape index (κ1) is 25.3. The van der Waals surface area contributed by atoms with Crippen molar-refractivity contribution < 1.29 is 19.1 Å². The highest BCUT2D eigenvalue weighted by Crippen LogP contribution is 2.17. The zero-order valence-electron chi connectivity index (χ0n) is 17.9. The Bertz CT molecular complexity index is 1040. The lowest BCUT2D eigenvalue weighted by Gasteiger charge is -2.08. The molecule has 0 aliphatic carbocycles. The van der Waals surface area contributed by atoms with Crippen molar-refractivity contribution in [2.24, 2.45) is 10.7 Å². The molecule has 3 amide bonds. The summed E-state index contributed by atoms with van der Waals surface area (Å²) in [6, 6.07) is 7.28. The number of halogens is 1. The number of hydrogen-bond acceptors (Lipinski definition) is 9. The quantitative estimate of drug-likeness (QED) is 0.193. The van der Waals surface area contributed by atoms with E-state index >= 15 is 0 Å². The van der Waals surface area contributed by atoms with Crippen LogP contribution in [-0.2, 0) is 16.0 Å². The Morgan fingerprint density at radius 1 is 1.06 bits per heavy atom. The zero-order chi connectivity index (χ0) is 24.4. The number of aryl methyl sites for hydroxylation is 1. The van der Waals surface area contributed by atoms with Crippen molar-refractivity contribution in [3.63, 3.8) is 0 Å². The predicted molar refractivity (Wildman–Crippen MR) is 124 cm³/mol. The third kappa shape index (κ3) is 8.61. The van der Waals surface area contributed by atoms with Crippen LogP contribution in [0.5, 0.6) is 5.75 Å². The maximum atomic E-state index is 12.2. The van der Waals surface area contributed by atoms with E-state index in [4.69, 9.17) is 33.5 Å². The highest BCUT2D eigenvalue weighted by Gasteiger charge is 2.16. The van der Waals surface area contributed by atoms with Crippen LogP contribution >= 0.6 is 11.6 Å². The van der Waals surface area contributed by atoms with Crippen LogP contribution in [0, 0.1) is 0 Å². The first-order valence-electron chi connectivity index (χ1n) is 9.87. The molecule has 1 heterocycles. The molecule has 2 rings (SSSR count). The van der Waals surface area contributed by atoms with Crippen molar-refractivity contribution in [1.29, 1.82) is 0 Å². The number of rotatable bonds is 9. The van der Waals surface area contributed by atoms with E-state index in [2.05, 4.69) is 25.6 Å². The minimum atomic E-state index is -0.691. The molecule has 2 aromatic rings. The van der Waals surface area contributed by atoms with E-state index in [1.165, 1.54) is 6.92 Å². The SMILES string of the molecule is CC(=O)NC(=O)COc1ccc(CCCCN=C(N)NC(=O)c2nc(Cl)c(N)nc2N)cc1. The minimum absolute atomic E-state index is 0.0772. The van der Waals surface area contributed by atoms with Gasteiger partial charge in [0, 0.05) is 13.5 Å². The van der Waals surface area contributed by atoms with Gasteiger partial charge in [-0.2, -0.15) is 0 Å². The Hall–Kier alpha value is -3.93. The normalized spacial score (nSPS) is 11.0.